The van der Waals surface area contributed by atoms with Crippen LogP contribution >= 0.6 is 0 Å². The van der Waals surface area contributed by atoms with Gasteiger partial charge in [0.15, 0.2) is 0 Å². The van der Waals surface area contributed by atoms with Crippen molar-refractivity contribution in [3.8, 4) is 0 Å². The zero-order valence-electron chi connectivity index (χ0n) is 15.2. The summed E-state index contributed by atoms with van der Waals surface area (Å²) in [5, 5.41) is 12.1. The molecule has 2 amide bonds. The molecule has 6 nitrogen and oxygen atoms in total. The van der Waals surface area contributed by atoms with Crippen LogP contribution in [-0.4, -0.2) is 53.8 Å². The summed E-state index contributed by atoms with van der Waals surface area (Å²) >= 11 is 0. The summed E-state index contributed by atoms with van der Waals surface area (Å²) in [7, 11) is 0. The molecule has 1 unspecified atom stereocenters. The van der Waals surface area contributed by atoms with E-state index in [0.717, 1.165) is 32.2 Å². The summed E-state index contributed by atoms with van der Waals surface area (Å²) in [6, 6.07) is 0. The van der Waals surface area contributed by atoms with Crippen LogP contribution in [-0.2, 0) is 9.53 Å². The Balaban J connectivity index is 1.65. The maximum atomic E-state index is 11.9. The Bertz CT molecular complexity index is 439. The molecular weight excluding hydrogens is 308 g/mol. The topological polar surface area (TPSA) is 78.9 Å². The third kappa shape index (κ3) is 5.96. The van der Waals surface area contributed by atoms with Crippen LogP contribution in [0.15, 0.2) is 0 Å². The van der Waals surface area contributed by atoms with Gasteiger partial charge in [0.1, 0.15) is 5.60 Å². The van der Waals surface area contributed by atoms with Gasteiger partial charge >= 0.3 is 6.09 Å². The highest BCUT2D eigenvalue weighted by Crippen LogP contribution is 2.30. The molecule has 2 aliphatic rings. The number of hydrogen-bond acceptors (Lipinski definition) is 4. The van der Waals surface area contributed by atoms with Gasteiger partial charge in [-0.1, -0.05) is 0 Å². The summed E-state index contributed by atoms with van der Waals surface area (Å²) < 4.78 is 5.26. The van der Waals surface area contributed by atoms with Crippen molar-refractivity contribution in [3.63, 3.8) is 0 Å². The van der Waals surface area contributed by atoms with Gasteiger partial charge in [-0.2, -0.15) is 0 Å². The highest BCUT2D eigenvalue weighted by Gasteiger charge is 2.32. The van der Waals surface area contributed by atoms with E-state index < -0.39 is 5.60 Å². The summed E-state index contributed by atoms with van der Waals surface area (Å²) in [4.78, 5) is 25.5. The number of likely N-dealkylation sites (tertiary alicyclic amines) is 1. The first-order chi connectivity index (χ1) is 11.3. The van der Waals surface area contributed by atoms with E-state index in [4.69, 9.17) is 4.74 Å². The normalized spacial score (nSPS) is 28.1. The molecule has 6 heteroatoms. The largest absolute Gasteiger partial charge is 0.444 e. The molecule has 138 valence electrons. The highest BCUT2D eigenvalue weighted by molar-refractivity contribution is 5.78. The van der Waals surface area contributed by atoms with Gasteiger partial charge in [0.2, 0.25) is 5.91 Å². The number of rotatable bonds is 5. The van der Waals surface area contributed by atoms with Gasteiger partial charge in [0, 0.05) is 38.6 Å². The van der Waals surface area contributed by atoms with Crippen LogP contribution in [0.25, 0.3) is 0 Å². The maximum absolute atomic E-state index is 11.9. The van der Waals surface area contributed by atoms with E-state index in [1.807, 2.05) is 25.7 Å². The van der Waals surface area contributed by atoms with Crippen LogP contribution in [0.4, 0.5) is 4.79 Å². The molecule has 1 aliphatic carbocycles. The monoisotopic (exact) mass is 340 g/mol. The first kappa shape index (κ1) is 19.0. The second kappa shape index (κ2) is 8.19. The van der Waals surface area contributed by atoms with Crippen LogP contribution in [0, 0.1) is 17.8 Å². The van der Waals surface area contributed by atoms with E-state index >= 15 is 0 Å². The van der Waals surface area contributed by atoms with Gasteiger partial charge in [-0.05, 0) is 58.3 Å². The number of hydrogen-bond donors (Lipinski definition) is 2. The SMILES string of the molecule is CC(C)(C)OC(=O)NCC1CCC(CN2CC(CO)CC2=O)CC1. The third-order valence-electron chi connectivity index (χ3n) is 4.93. The molecule has 0 bridgehead atoms. The fourth-order valence-electron chi connectivity index (χ4n) is 3.62. The van der Waals surface area contributed by atoms with Crippen molar-refractivity contribution in [2.75, 3.05) is 26.2 Å². The Morgan fingerprint density at radius 2 is 1.83 bits per heavy atom. The van der Waals surface area contributed by atoms with E-state index in [0.29, 0.717) is 31.3 Å². The number of ether oxygens (including phenoxy) is 1. The Morgan fingerprint density at radius 1 is 1.21 bits per heavy atom. The fraction of sp³-hybridized carbons (Fsp3) is 0.889. The number of amides is 2. The summed E-state index contributed by atoms with van der Waals surface area (Å²) in [5.74, 6) is 1.34. The molecule has 2 rings (SSSR count). The van der Waals surface area contributed by atoms with Crippen molar-refractivity contribution in [1.82, 2.24) is 10.2 Å². The molecule has 1 saturated carbocycles. The Kier molecular flexibility index (Phi) is 6.49. The molecule has 0 spiro atoms. The van der Waals surface area contributed by atoms with Gasteiger partial charge in [0.05, 0.1) is 0 Å². The van der Waals surface area contributed by atoms with Crippen molar-refractivity contribution in [3.05, 3.63) is 0 Å². The average Bonchev–Trinajstić information content (AvgIpc) is 2.85. The van der Waals surface area contributed by atoms with Crippen LogP contribution in [0.2, 0.25) is 0 Å². The molecule has 1 saturated heterocycles. The lowest BCUT2D eigenvalue weighted by Gasteiger charge is -2.31. The lowest BCUT2D eigenvalue weighted by molar-refractivity contribution is -0.128. The van der Waals surface area contributed by atoms with Gasteiger partial charge in [-0.3, -0.25) is 4.79 Å². The molecule has 2 N–H and O–H groups in total. The Hall–Kier alpha value is -1.30. The number of nitrogens with zero attached hydrogens (tertiary/aromatic N) is 1. The summed E-state index contributed by atoms with van der Waals surface area (Å²) in [6.45, 7) is 7.87. The van der Waals surface area contributed by atoms with Crippen molar-refractivity contribution in [2.24, 2.45) is 17.8 Å². The van der Waals surface area contributed by atoms with Crippen molar-refractivity contribution in [2.45, 2.75) is 58.5 Å². The first-order valence-corrected chi connectivity index (χ1v) is 9.12. The van der Waals surface area contributed by atoms with Gasteiger partial charge in [0.25, 0.3) is 0 Å². The molecular formula is C18H32N2O4. The number of carbonyl (C=O) groups excluding carboxylic acids is 2. The molecule has 2 fully saturated rings. The predicted octanol–water partition coefficient (Wildman–Crippen LogP) is 2.16. The lowest BCUT2D eigenvalue weighted by Crippen LogP contribution is -2.37. The highest BCUT2D eigenvalue weighted by atomic mass is 16.6. The van der Waals surface area contributed by atoms with Gasteiger partial charge < -0.3 is 20.1 Å². The van der Waals surface area contributed by atoms with Crippen molar-refractivity contribution < 1.29 is 19.4 Å². The van der Waals surface area contributed by atoms with Crippen LogP contribution in [0.3, 0.4) is 0 Å². The predicted molar refractivity (Wildman–Crippen MR) is 91.5 cm³/mol. The number of aliphatic hydroxyl groups excluding tert-OH is 1. The van der Waals surface area contributed by atoms with E-state index in [2.05, 4.69) is 5.32 Å². The Labute approximate surface area is 144 Å². The Morgan fingerprint density at radius 3 is 2.38 bits per heavy atom. The molecule has 1 atom stereocenters. The molecule has 24 heavy (non-hydrogen) atoms. The van der Waals surface area contributed by atoms with Gasteiger partial charge in [-0.15, -0.1) is 0 Å². The summed E-state index contributed by atoms with van der Waals surface area (Å²) in [6.07, 6.45) is 4.48. The number of alkyl carbamates (subject to hydrolysis) is 1. The third-order valence-corrected chi connectivity index (χ3v) is 4.93. The van der Waals surface area contributed by atoms with Crippen molar-refractivity contribution in [1.29, 1.82) is 0 Å². The zero-order chi connectivity index (χ0) is 17.7. The minimum Gasteiger partial charge on any atom is -0.444 e. The molecule has 0 radical (unpaired) electrons. The zero-order valence-corrected chi connectivity index (χ0v) is 15.2. The average molecular weight is 340 g/mol. The molecule has 0 aromatic rings. The van der Waals surface area contributed by atoms with Crippen LogP contribution in [0.1, 0.15) is 52.9 Å². The molecule has 0 aromatic carbocycles. The number of carbonyl (C=O) groups is 2. The number of aliphatic hydroxyl groups is 1. The summed E-state index contributed by atoms with van der Waals surface area (Å²) in [5.41, 5.74) is -0.462. The van der Waals surface area contributed by atoms with Crippen LogP contribution in [0.5, 0.6) is 0 Å². The van der Waals surface area contributed by atoms with Crippen LogP contribution < -0.4 is 5.32 Å². The second-order valence-electron chi connectivity index (χ2n) is 8.32. The lowest BCUT2D eigenvalue weighted by atomic mass is 9.81. The minimum absolute atomic E-state index is 0.102. The van der Waals surface area contributed by atoms with Crippen molar-refractivity contribution >= 4 is 12.0 Å². The molecule has 0 aromatic heterocycles. The first-order valence-electron chi connectivity index (χ1n) is 9.12. The smallest absolute Gasteiger partial charge is 0.407 e. The van der Waals surface area contributed by atoms with E-state index in [9.17, 15) is 14.7 Å². The second-order valence-corrected chi connectivity index (χ2v) is 8.32. The number of nitrogens with one attached hydrogen (secondary N) is 1. The minimum atomic E-state index is -0.462. The molecule has 1 heterocycles. The van der Waals surface area contributed by atoms with E-state index in [1.165, 1.54) is 0 Å². The quantitative estimate of drug-likeness (QED) is 0.804. The standard InChI is InChI=1S/C18H32N2O4/c1-18(2,3)24-17(23)19-9-13-4-6-14(7-5-13)10-20-11-15(12-21)8-16(20)22/h13-15,21H,4-12H2,1-3H3,(H,19,23). The maximum Gasteiger partial charge on any atom is 0.407 e. The van der Waals surface area contributed by atoms with E-state index in [-0.39, 0.29) is 24.5 Å². The van der Waals surface area contributed by atoms with E-state index in [1.54, 1.807) is 0 Å². The van der Waals surface area contributed by atoms with Gasteiger partial charge in [-0.25, -0.2) is 4.79 Å². The molecule has 1 aliphatic heterocycles. The fourth-order valence-corrected chi connectivity index (χ4v) is 3.62.